The predicted molar refractivity (Wildman–Crippen MR) is 47.8 cm³/mol. The van der Waals surface area contributed by atoms with Gasteiger partial charge in [-0.1, -0.05) is 0 Å². The molecule has 1 heterocycles. The van der Waals surface area contributed by atoms with Gasteiger partial charge in [0.15, 0.2) is 0 Å². The number of hydrogen-bond donors (Lipinski definition) is 3. The van der Waals surface area contributed by atoms with E-state index in [0.29, 0.717) is 0 Å². The molecule has 0 radical (unpaired) electrons. The SMILES string of the molecule is NC(=O)CC(=O)NC1CCCNC1. The number of nitrogens with one attached hydrogen (secondary N) is 2. The van der Waals surface area contributed by atoms with E-state index in [0.717, 1.165) is 25.9 Å². The lowest BCUT2D eigenvalue weighted by molar-refractivity contribution is -0.128. The van der Waals surface area contributed by atoms with E-state index in [9.17, 15) is 9.59 Å². The third kappa shape index (κ3) is 3.89. The van der Waals surface area contributed by atoms with Crippen LogP contribution in [-0.4, -0.2) is 30.9 Å². The second-order valence-corrected chi connectivity index (χ2v) is 3.25. The number of carbonyl (C=O) groups is 2. The Balaban J connectivity index is 2.22. The Morgan fingerprint density at radius 2 is 2.31 bits per heavy atom. The molecule has 1 aliphatic heterocycles. The summed E-state index contributed by atoms with van der Waals surface area (Å²) in [6.07, 6.45) is 1.82. The Morgan fingerprint density at radius 3 is 2.85 bits per heavy atom. The van der Waals surface area contributed by atoms with E-state index in [4.69, 9.17) is 5.73 Å². The van der Waals surface area contributed by atoms with Crippen molar-refractivity contribution in [2.75, 3.05) is 13.1 Å². The van der Waals surface area contributed by atoms with Gasteiger partial charge in [0.2, 0.25) is 11.8 Å². The highest BCUT2D eigenvalue weighted by Gasteiger charge is 2.15. The van der Waals surface area contributed by atoms with Crippen LogP contribution in [-0.2, 0) is 9.59 Å². The molecule has 0 saturated carbocycles. The summed E-state index contributed by atoms with van der Waals surface area (Å²) in [4.78, 5) is 21.5. The van der Waals surface area contributed by atoms with Crippen molar-refractivity contribution < 1.29 is 9.59 Å². The molecule has 1 atom stereocenters. The fraction of sp³-hybridized carbons (Fsp3) is 0.750. The summed E-state index contributed by atoms with van der Waals surface area (Å²) in [6, 6.07) is 0.153. The van der Waals surface area contributed by atoms with Gasteiger partial charge in [-0.15, -0.1) is 0 Å². The summed E-state index contributed by atoms with van der Waals surface area (Å²) in [5.74, 6) is -0.859. The fourth-order valence-corrected chi connectivity index (χ4v) is 1.41. The van der Waals surface area contributed by atoms with Gasteiger partial charge in [0, 0.05) is 12.6 Å². The smallest absolute Gasteiger partial charge is 0.229 e. The first-order chi connectivity index (χ1) is 6.18. The Morgan fingerprint density at radius 1 is 1.54 bits per heavy atom. The molecule has 1 saturated heterocycles. The molecule has 0 spiro atoms. The van der Waals surface area contributed by atoms with Crippen LogP contribution in [0, 0.1) is 0 Å². The lowest BCUT2D eigenvalue weighted by Gasteiger charge is -2.23. The number of rotatable bonds is 3. The van der Waals surface area contributed by atoms with Crippen molar-refractivity contribution in [3.8, 4) is 0 Å². The first kappa shape index (κ1) is 9.98. The minimum atomic E-state index is -0.582. The normalized spacial score (nSPS) is 22.3. The van der Waals surface area contributed by atoms with E-state index in [1.54, 1.807) is 0 Å². The van der Waals surface area contributed by atoms with E-state index < -0.39 is 5.91 Å². The average Bonchev–Trinajstić information content (AvgIpc) is 2.04. The van der Waals surface area contributed by atoms with Crippen molar-refractivity contribution >= 4 is 11.8 Å². The lowest BCUT2D eigenvalue weighted by atomic mass is 10.1. The molecule has 0 aromatic carbocycles. The number of primary amides is 1. The molecule has 0 bridgehead atoms. The van der Waals surface area contributed by atoms with Crippen LogP contribution in [0.15, 0.2) is 0 Å². The Labute approximate surface area is 77.1 Å². The van der Waals surface area contributed by atoms with Gasteiger partial charge in [-0.2, -0.15) is 0 Å². The summed E-state index contributed by atoms with van der Waals surface area (Å²) in [7, 11) is 0. The zero-order valence-electron chi connectivity index (χ0n) is 7.51. The van der Waals surface area contributed by atoms with E-state index in [2.05, 4.69) is 10.6 Å². The van der Waals surface area contributed by atoms with Crippen LogP contribution < -0.4 is 16.4 Å². The lowest BCUT2D eigenvalue weighted by Crippen LogP contribution is -2.46. The molecular weight excluding hydrogens is 170 g/mol. The highest BCUT2D eigenvalue weighted by atomic mass is 16.2. The van der Waals surface area contributed by atoms with Crippen LogP contribution in [0.5, 0.6) is 0 Å². The second kappa shape index (κ2) is 4.81. The number of piperidine rings is 1. The van der Waals surface area contributed by atoms with Crippen LogP contribution in [0.2, 0.25) is 0 Å². The predicted octanol–water partition coefficient (Wildman–Crippen LogP) is -1.27. The van der Waals surface area contributed by atoms with Crippen molar-refractivity contribution in [1.29, 1.82) is 0 Å². The Bertz CT molecular complexity index is 200. The molecule has 1 fully saturated rings. The molecular formula is C8H15N3O2. The minimum absolute atomic E-state index is 0.153. The summed E-state index contributed by atoms with van der Waals surface area (Å²) < 4.78 is 0. The molecule has 13 heavy (non-hydrogen) atoms. The van der Waals surface area contributed by atoms with Gasteiger partial charge in [0.25, 0.3) is 0 Å². The molecule has 5 nitrogen and oxygen atoms in total. The molecule has 2 amide bonds. The van der Waals surface area contributed by atoms with Crippen molar-refractivity contribution in [2.24, 2.45) is 5.73 Å². The third-order valence-corrected chi connectivity index (χ3v) is 2.00. The van der Waals surface area contributed by atoms with Crippen molar-refractivity contribution in [1.82, 2.24) is 10.6 Å². The van der Waals surface area contributed by atoms with Crippen LogP contribution in [0.1, 0.15) is 19.3 Å². The topological polar surface area (TPSA) is 84.2 Å². The summed E-state index contributed by atoms with van der Waals surface area (Å²) >= 11 is 0. The summed E-state index contributed by atoms with van der Waals surface area (Å²) in [5.41, 5.74) is 4.88. The maximum atomic E-state index is 11.1. The van der Waals surface area contributed by atoms with E-state index in [1.165, 1.54) is 0 Å². The average molecular weight is 185 g/mol. The molecule has 74 valence electrons. The Hall–Kier alpha value is -1.10. The monoisotopic (exact) mass is 185 g/mol. The van der Waals surface area contributed by atoms with Crippen LogP contribution in [0.4, 0.5) is 0 Å². The van der Waals surface area contributed by atoms with E-state index in [1.807, 2.05) is 0 Å². The van der Waals surface area contributed by atoms with Crippen LogP contribution in [0.3, 0.4) is 0 Å². The third-order valence-electron chi connectivity index (χ3n) is 2.00. The molecule has 0 aromatic rings. The molecule has 1 aliphatic rings. The van der Waals surface area contributed by atoms with Crippen molar-refractivity contribution in [2.45, 2.75) is 25.3 Å². The standard InChI is InChI=1S/C8H15N3O2/c9-7(12)4-8(13)11-6-2-1-3-10-5-6/h6,10H,1-5H2,(H2,9,12)(H,11,13). The van der Waals surface area contributed by atoms with Crippen LogP contribution in [0.25, 0.3) is 0 Å². The first-order valence-electron chi connectivity index (χ1n) is 4.47. The zero-order valence-corrected chi connectivity index (χ0v) is 7.51. The van der Waals surface area contributed by atoms with E-state index in [-0.39, 0.29) is 18.4 Å². The van der Waals surface area contributed by atoms with Gasteiger partial charge in [-0.3, -0.25) is 9.59 Å². The van der Waals surface area contributed by atoms with Crippen molar-refractivity contribution in [3.05, 3.63) is 0 Å². The minimum Gasteiger partial charge on any atom is -0.369 e. The number of amides is 2. The number of nitrogens with two attached hydrogens (primary N) is 1. The molecule has 1 unspecified atom stereocenters. The Kier molecular flexibility index (Phi) is 3.70. The summed E-state index contributed by atoms with van der Waals surface area (Å²) in [6.45, 7) is 1.78. The highest BCUT2D eigenvalue weighted by Crippen LogP contribution is 2.00. The largest absolute Gasteiger partial charge is 0.369 e. The first-order valence-corrected chi connectivity index (χ1v) is 4.47. The molecule has 0 aromatic heterocycles. The van der Waals surface area contributed by atoms with Crippen LogP contribution >= 0.6 is 0 Å². The summed E-state index contributed by atoms with van der Waals surface area (Å²) in [5, 5.41) is 5.91. The van der Waals surface area contributed by atoms with Gasteiger partial charge >= 0.3 is 0 Å². The number of carbonyl (C=O) groups excluding carboxylic acids is 2. The van der Waals surface area contributed by atoms with Gasteiger partial charge in [-0.05, 0) is 19.4 Å². The van der Waals surface area contributed by atoms with Gasteiger partial charge in [-0.25, -0.2) is 0 Å². The molecule has 4 N–H and O–H groups in total. The maximum absolute atomic E-state index is 11.1. The quantitative estimate of drug-likeness (QED) is 0.479. The molecule has 5 heteroatoms. The number of hydrogen-bond acceptors (Lipinski definition) is 3. The van der Waals surface area contributed by atoms with Gasteiger partial charge < -0.3 is 16.4 Å². The van der Waals surface area contributed by atoms with Gasteiger partial charge in [0.1, 0.15) is 6.42 Å². The van der Waals surface area contributed by atoms with Crippen molar-refractivity contribution in [3.63, 3.8) is 0 Å². The highest BCUT2D eigenvalue weighted by molar-refractivity contribution is 5.96. The molecule has 1 rings (SSSR count). The molecule has 0 aliphatic carbocycles. The fourth-order valence-electron chi connectivity index (χ4n) is 1.41. The second-order valence-electron chi connectivity index (χ2n) is 3.25. The van der Waals surface area contributed by atoms with E-state index >= 15 is 0 Å². The maximum Gasteiger partial charge on any atom is 0.229 e. The van der Waals surface area contributed by atoms with Gasteiger partial charge in [0.05, 0.1) is 0 Å². The zero-order chi connectivity index (χ0) is 9.68.